The number of amides is 2. The van der Waals surface area contributed by atoms with Crippen LogP contribution in [0.2, 0.25) is 0 Å². The van der Waals surface area contributed by atoms with E-state index in [4.69, 9.17) is 0 Å². The van der Waals surface area contributed by atoms with E-state index in [0.717, 1.165) is 57.8 Å². The molecule has 2 saturated carbocycles. The molecular weight excluding hydrogens is 769 g/mol. The van der Waals surface area contributed by atoms with Crippen molar-refractivity contribution in [2.75, 3.05) is 10.6 Å². The first-order valence-corrected chi connectivity index (χ1v) is 20.7. The van der Waals surface area contributed by atoms with E-state index in [1.54, 1.807) is 24.8 Å². The molecule has 2 aromatic heterocycles. The zero-order chi connectivity index (χ0) is 42.1. The molecule has 2 heterocycles. The van der Waals surface area contributed by atoms with Gasteiger partial charge in [-0.15, -0.1) is 0 Å². The monoisotopic (exact) mass is 812 g/mol. The first-order valence-electron chi connectivity index (χ1n) is 20.7. The van der Waals surface area contributed by atoms with Crippen LogP contribution in [0, 0.1) is 0 Å². The Hall–Kier alpha value is -7.98. The van der Waals surface area contributed by atoms with Crippen molar-refractivity contribution in [3.05, 3.63) is 217 Å². The second kappa shape index (κ2) is 18.5. The molecule has 10 heteroatoms. The van der Waals surface area contributed by atoms with E-state index in [1.165, 1.54) is 23.8 Å². The number of hydrogen-bond acceptors (Lipinski definition) is 8. The first kappa shape index (κ1) is 39.5. The fraction of sp³-hybridized carbons (Fsp3) is 0.115. The largest absolute Gasteiger partial charge is 0.356 e. The second-order valence-corrected chi connectivity index (χ2v) is 15.5. The van der Waals surface area contributed by atoms with Crippen molar-refractivity contribution in [1.82, 2.24) is 30.6 Å². The number of carbonyl (C=O) groups is 2. The molecule has 10 rings (SSSR count). The average Bonchev–Trinajstić information content (AvgIpc) is 4.28. The van der Waals surface area contributed by atoms with Crippen LogP contribution in [-0.4, -0.2) is 43.8 Å². The van der Waals surface area contributed by atoms with Crippen LogP contribution in [0.1, 0.15) is 56.5 Å². The van der Waals surface area contributed by atoms with Crippen LogP contribution in [-0.2, 0) is 0 Å². The minimum absolute atomic E-state index is 0.0356. The van der Waals surface area contributed by atoms with Crippen molar-refractivity contribution in [3.8, 4) is 22.3 Å². The van der Waals surface area contributed by atoms with Crippen molar-refractivity contribution in [3.63, 3.8) is 0 Å². The van der Waals surface area contributed by atoms with Crippen molar-refractivity contribution in [1.29, 1.82) is 0 Å². The predicted octanol–water partition coefficient (Wildman–Crippen LogP) is 10.3. The molecule has 4 N–H and O–H groups in total. The quantitative estimate of drug-likeness (QED) is 0.0958. The Morgan fingerprint density at radius 1 is 0.403 bits per heavy atom. The summed E-state index contributed by atoms with van der Waals surface area (Å²) in [6.07, 6.45) is 12.2. The van der Waals surface area contributed by atoms with Crippen molar-refractivity contribution < 1.29 is 9.59 Å². The topological polar surface area (TPSA) is 134 Å². The summed E-state index contributed by atoms with van der Waals surface area (Å²) in [4.78, 5) is 41.7. The molecule has 2 amide bonds. The summed E-state index contributed by atoms with van der Waals surface area (Å²) in [5, 5.41) is 13.1. The number of nitrogens with one attached hydrogen (secondary N) is 4. The molecule has 0 bridgehead atoms. The first-order chi connectivity index (χ1) is 30.5. The van der Waals surface area contributed by atoms with Gasteiger partial charge >= 0.3 is 0 Å². The number of aromatic nitrogens is 4. The van der Waals surface area contributed by atoms with Crippen LogP contribution in [0.3, 0.4) is 0 Å². The molecule has 0 saturated heterocycles. The van der Waals surface area contributed by atoms with Crippen LogP contribution in [0.5, 0.6) is 0 Å². The second-order valence-electron chi connectivity index (χ2n) is 15.5. The van der Waals surface area contributed by atoms with E-state index in [9.17, 15) is 9.59 Å². The van der Waals surface area contributed by atoms with Gasteiger partial charge in [0.1, 0.15) is 12.7 Å². The number of nitrogens with zero attached hydrogens (tertiary/aromatic N) is 4. The van der Waals surface area contributed by atoms with E-state index >= 15 is 0 Å². The molecule has 6 aromatic carbocycles. The molecule has 4 atom stereocenters. The molecule has 10 nitrogen and oxygen atoms in total. The third-order valence-electron chi connectivity index (χ3n) is 11.1. The average molecular weight is 813 g/mol. The Kier molecular flexibility index (Phi) is 11.8. The summed E-state index contributed by atoms with van der Waals surface area (Å²) in [6.45, 7) is 0. The van der Waals surface area contributed by atoms with Crippen molar-refractivity contribution in [2.45, 2.75) is 36.8 Å². The SMILES string of the molecule is O=C(NC1CC1c1ccccc1)c1cccc(Nc2ccc(-c3cncnc3)cc2)c1.O=C(NC1CC1c1ccccc1)c1cccc(Nc2ccc(-c3cncnc3)cc2)c1. The van der Waals surface area contributed by atoms with E-state index in [0.29, 0.717) is 23.0 Å². The van der Waals surface area contributed by atoms with Gasteiger partial charge in [0, 0.05) is 93.7 Å². The van der Waals surface area contributed by atoms with E-state index in [1.807, 2.05) is 133 Å². The third-order valence-corrected chi connectivity index (χ3v) is 11.1. The van der Waals surface area contributed by atoms with Gasteiger partial charge in [0.05, 0.1) is 0 Å². The van der Waals surface area contributed by atoms with Gasteiger partial charge < -0.3 is 21.3 Å². The molecule has 4 unspecified atom stereocenters. The molecule has 2 aliphatic rings. The lowest BCUT2D eigenvalue weighted by molar-refractivity contribution is 0.0942. The highest BCUT2D eigenvalue weighted by Gasteiger charge is 2.40. The number of carbonyl (C=O) groups excluding carboxylic acids is 2. The summed E-state index contributed by atoms with van der Waals surface area (Å²) in [5.74, 6) is 0.762. The maximum absolute atomic E-state index is 12.7. The normalized spacial score (nSPS) is 17.0. The van der Waals surface area contributed by atoms with Gasteiger partial charge in [0.25, 0.3) is 11.8 Å². The molecule has 0 aliphatic heterocycles. The van der Waals surface area contributed by atoms with Crippen LogP contribution >= 0.6 is 0 Å². The highest BCUT2D eigenvalue weighted by atomic mass is 16.2. The van der Waals surface area contributed by atoms with E-state index in [2.05, 4.69) is 65.5 Å². The number of rotatable bonds is 12. The van der Waals surface area contributed by atoms with Gasteiger partial charge in [-0.2, -0.15) is 0 Å². The smallest absolute Gasteiger partial charge is 0.251 e. The Morgan fingerprint density at radius 2 is 0.790 bits per heavy atom. The molecule has 8 aromatic rings. The standard InChI is InChI=1S/2C26H22N4O/c2*31-26(30-25-14-24(25)19-5-2-1-3-6-19)20-7-4-8-23(13-20)29-22-11-9-18(10-12-22)21-15-27-17-28-16-21/h2*1-13,15-17,24-25,29H,14H2,(H,30,31). The van der Waals surface area contributed by atoms with Gasteiger partial charge in [0.15, 0.2) is 0 Å². The molecule has 2 fully saturated rings. The van der Waals surface area contributed by atoms with Crippen LogP contribution in [0.4, 0.5) is 22.7 Å². The van der Waals surface area contributed by atoms with E-state index in [-0.39, 0.29) is 23.9 Å². The summed E-state index contributed by atoms with van der Waals surface area (Å²) >= 11 is 0. The van der Waals surface area contributed by atoms with Crippen LogP contribution in [0.25, 0.3) is 22.3 Å². The zero-order valence-corrected chi connectivity index (χ0v) is 33.8. The fourth-order valence-corrected chi connectivity index (χ4v) is 7.55. The van der Waals surface area contributed by atoms with E-state index < -0.39 is 0 Å². The van der Waals surface area contributed by atoms with Crippen LogP contribution < -0.4 is 21.3 Å². The minimum atomic E-state index is -0.0356. The fourth-order valence-electron chi connectivity index (χ4n) is 7.55. The van der Waals surface area contributed by atoms with Gasteiger partial charge in [0.2, 0.25) is 0 Å². The summed E-state index contributed by atoms with van der Waals surface area (Å²) in [5.41, 5.74) is 11.6. The van der Waals surface area contributed by atoms with Crippen molar-refractivity contribution in [2.24, 2.45) is 0 Å². The molecule has 62 heavy (non-hydrogen) atoms. The number of benzene rings is 6. The Morgan fingerprint density at radius 3 is 1.18 bits per heavy atom. The van der Waals surface area contributed by atoms with Gasteiger partial charge in [-0.05, 0) is 95.8 Å². The molecule has 2 aliphatic carbocycles. The Bertz CT molecular complexity index is 2550. The maximum atomic E-state index is 12.7. The van der Waals surface area contributed by atoms with Gasteiger partial charge in [-0.1, -0.05) is 97.1 Å². The molecule has 0 spiro atoms. The molecular formula is C52H44N8O2. The number of hydrogen-bond donors (Lipinski definition) is 4. The molecule has 0 radical (unpaired) electrons. The zero-order valence-electron chi connectivity index (χ0n) is 33.8. The Balaban J connectivity index is 0.000000158. The lowest BCUT2D eigenvalue weighted by Gasteiger charge is -2.10. The maximum Gasteiger partial charge on any atom is 0.251 e. The Labute approximate surface area is 360 Å². The summed E-state index contributed by atoms with van der Waals surface area (Å²) < 4.78 is 0. The van der Waals surface area contributed by atoms with Gasteiger partial charge in [-0.25, -0.2) is 19.9 Å². The summed E-state index contributed by atoms with van der Waals surface area (Å²) in [7, 11) is 0. The summed E-state index contributed by atoms with van der Waals surface area (Å²) in [6, 6.07) is 52.4. The third kappa shape index (κ3) is 10.1. The lowest BCUT2D eigenvalue weighted by atomic mass is 10.1. The van der Waals surface area contributed by atoms with Crippen molar-refractivity contribution >= 4 is 34.6 Å². The minimum Gasteiger partial charge on any atom is -0.356 e. The molecule has 304 valence electrons. The van der Waals surface area contributed by atoms with Crippen LogP contribution in [0.15, 0.2) is 195 Å². The number of anilines is 4. The highest BCUT2D eigenvalue weighted by molar-refractivity contribution is 5.96. The predicted molar refractivity (Wildman–Crippen MR) is 244 cm³/mol. The lowest BCUT2D eigenvalue weighted by Crippen LogP contribution is -2.26. The highest BCUT2D eigenvalue weighted by Crippen LogP contribution is 2.41. The van der Waals surface area contributed by atoms with Gasteiger partial charge in [-0.3, -0.25) is 9.59 Å².